The summed E-state index contributed by atoms with van der Waals surface area (Å²) in [6.07, 6.45) is -5.11. The van der Waals surface area contributed by atoms with Gasteiger partial charge in [0.2, 0.25) is 0 Å². The molecule has 0 radical (unpaired) electrons. The van der Waals surface area contributed by atoms with Crippen LogP contribution >= 0.6 is 0 Å². The second-order valence-electron chi connectivity index (χ2n) is 4.54. The van der Waals surface area contributed by atoms with Gasteiger partial charge in [-0.3, -0.25) is 9.79 Å². The fourth-order valence-electron chi connectivity index (χ4n) is 2.17. The summed E-state index contributed by atoms with van der Waals surface area (Å²) < 4.78 is 19.1. The SMILES string of the molecule is NC(N)=NC(=O)C1=NCC(C2O[C@H](CO)[C@@H](O)[C@H]2F)N1. The molecule has 0 aromatic rings. The van der Waals surface area contributed by atoms with Crippen LogP contribution < -0.4 is 16.8 Å². The molecular formula is C10H16FN5O4. The van der Waals surface area contributed by atoms with E-state index < -0.39 is 49.0 Å². The van der Waals surface area contributed by atoms with E-state index in [1.165, 1.54) is 0 Å². The minimum absolute atomic E-state index is 0.0804. The van der Waals surface area contributed by atoms with Crippen molar-refractivity contribution in [1.29, 1.82) is 0 Å². The predicted molar refractivity (Wildman–Crippen MR) is 66.7 cm³/mol. The van der Waals surface area contributed by atoms with E-state index in [2.05, 4.69) is 15.3 Å². The Morgan fingerprint density at radius 3 is 2.85 bits per heavy atom. The van der Waals surface area contributed by atoms with Gasteiger partial charge in [-0.1, -0.05) is 0 Å². The lowest BCUT2D eigenvalue weighted by molar-refractivity contribution is -0.112. The average Bonchev–Trinajstić information content (AvgIpc) is 2.96. The normalized spacial score (nSPS) is 36.4. The fraction of sp³-hybridized carbons (Fsp3) is 0.700. The molecule has 10 heteroatoms. The quantitative estimate of drug-likeness (QED) is 0.268. The summed E-state index contributed by atoms with van der Waals surface area (Å²) >= 11 is 0. The van der Waals surface area contributed by atoms with Crippen molar-refractivity contribution in [3.63, 3.8) is 0 Å². The fourth-order valence-corrected chi connectivity index (χ4v) is 2.17. The second-order valence-corrected chi connectivity index (χ2v) is 4.54. The van der Waals surface area contributed by atoms with Gasteiger partial charge in [-0.25, -0.2) is 4.39 Å². The number of aliphatic imine (C=N–C) groups is 2. The molecule has 2 rings (SSSR count). The molecule has 7 N–H and O–H groups in total. The zero-order valence-electron chi connectivity index (χ0n) is 10.4. The molecule has 0 saturated carbocycles. The van der Waals surface area contributed by atoms with Gasteiger partial charge in [0, 0.05) is 0 Å². The van der Waals surface area contributed by atoms with Gasteiger partial charge in [0.25, 0.3) is 0 Å². The molecule has 0 bridgehead atoms. The van der Waals surface area contributed by atoms with Crippen molar-refractivity contribution >= 4 is 17.7 Å². The Hall–Kier alpha value is -1.78. The maximum absolute atomic E-state index is 13.9. The molecule has 9 nitrogen and oxygen atoms in total. The van der Waals surface area contributed by atoms with Crippen LogP contribution in [0.1, 0.15) is 0 Å². The van der Waals surface area contributed by atoms with Crippen LogP contribution in [-0.2, 0) is 9.53 Å². The molecular weight excluding hydrogens is 273 g/mol. The lowest BCUT2D eigenvalue weighted by atomic mass is 10.0. The Labute approximate surface area is 113 Å². The van der Waals surface area contributed by atoms with Crippen LogP contribution in [-0.4, -0.2) is 71.6 Å². The Balaban J connectivity index is 1.98. The molecule has 5 atom stereocenters. The number of carbonyl (C=O) groups is 1. The number of guanidine groups is 1. The van der Waals surface area contributed by atoms with Crippen LogP contribution in [0.2, 0.25) is 0 Å². The smallest absolute Gasteiger partial charge is 0.315 e. The molecule has 0 spiro atoms. The highest BCUT2D eigenvalue weighted by Gasteiger charge is 2.48. The second kappa shape index (κ2) is 5.69. The Bertz CT molecular complexity index is 453. The lowest BCUT2D eigenvalue weighted by Gasteiger charge is -2.20. The Morgan fingerprint density at radius 1 is 1.60 bits per heavy atom. The van der Waals surface area contributed by atoms with Crippen LogP contribution in [0.4, 0.5) is 4.39 Å². The predicted octanol–water partition coefficient (Wildman–Crippen LogP) is -3.38. The molecule has 1 amide bonds. The van der Waals surface area contributed by atoms with Gasteiger partial charge < -0.3 is 31.7 Å². The summed E-state index contributed by atoms with van der Waals surface area (Å²) in [7, 11) is 0. The van der Waals surface area contributed by atoms with Crippen molar-refractivity contribution in [2.75, 3.05) is 13.2 Å². The molecule has 0 aromatic heterocycles. The number of aliphatic hydroxyl groups is 2. The third-order valence-corrected chi connectivity index (χ3v) is 3.13. The van der Waals surface area contributed by atoms with Gasteiger partial charge in [-0.15, -0.1) is 0 Å². The first-order valence-corrected chi connectivity index (χ1v) is 5.97. The zero-order chi connectivity index (χ0) is 14.9. The van der Waals surface area contributed by atoms with E-state index in [1.54, 1.807) is 0 Å². The summed E-state index contributed by atoms with van der Waals surface area (Å²) in [5.41, 5.74) is 10.1. The number of halogens is 1. The zero-order valence-corrected chi connectivity index (χ0v) is 10.4. The summed E-state index contributed by atoms with van der Waals surface area (Å²) in [6, 6.07) is -0.635. The van der Waals surface area contributed by atoms with E-state index in [4.69, 9.17) is 21.3 Å². The molecule has 1 saturated heterocycles. The van der Waals surface area contributed by atoms with Crippen molar-refractivity contribution in [2.24, 2.45) is 21.5 Å². The first-order chi connectivity index (χ1) is 9.43. The number of aliphatic hydroxyl groups excluding tert-OH is 2. The third kappa shape index (κ3) is 2.71. The van der Waals surface area contributed by atoms with Crippen molar-refractivity contribution in [2.45, 2.75) is 30.5 Å². The number of carbonyl (C=O) groups excluding carboxylic acids is 1. The average molecular weight is 289 g/mol. The van der Waals surface area contributed by atoms with E-state index in [0.29, 0.717) is 0 Å². The number of nitrogens with one attached hydrogen (secondary N) is 1. The molecule has 0 aliphatic carbocycles. The van der Waals surface area contributed by atoms with E-state index >= 15 is 0 Å². The first kappa shape index (κ1) is 14.6. The molecule has 112 valence electrons. The number of alkyl halides is 1. The Kier molecular flexibility index (Phi) is 4.16. The highest BCUT2D eigenvalue weighted by Crippen LogP contribution is 2.27. The number of amidine groups is 1. The van der Waals surface area contributed by atoms with Crippen molar-refractivity contribution in [3.05, 3.63) is 0 Å². The monoisotopic (exact) mass is 289 g/mol. The van der Waals surface area contributed by atoms with Gasteiger partial charge in [-0.05, 0) is 0 Å². The number of amides is 1. The van der Waals surface area contributed by atoms with E-state index in [1.807, 2.05) is 0 Å². The van der Waals surface area contributed by atoms with Crippen LogP contribution in [0, 0.1) is 0 Å². The van der Waals surface area contributed by atoms with Crippen molar-refractivity contribution < 1.29 is 24.1 Å². The highest BCUT2D eigenvalue weighted by atomic mass is 19.1. The molecule has 0 aromatic carbocycles. The summed E-state index contributed by atoms with van der Waals surface area (Å²) in [6.45, 7) is -0.414. The third-order valence-electron chi connectivity index (χ3n) is 3.13. The van der Waals surface area contributed by atoms with Crippen LogP contribution in [0.5, 0.6) is 0 Å². The Morgan fingerprint density at radius 2 is 2.30 bits per heavy atom. The summed E-state index contributed by atoms with van der Waals surface area (Å²) in [5, 5.41) is 21.1. The number of ether oxygens (including phenoxy) is 1. The van der Waals surface area contributed by atoms with Crippen LogP contribution in [0.25, 0.3) is 0 Å². The minimum atomic E-state index is -1.68. The number of nitrogens with zero attached hydrogens (tertiary/aromatic N) is 2. The van der Waals surface area contributed by atoms with Gasteiger partial charge in [0.1, 0.15) is 18.3 Å². The number of nitrogens with two attached hydrogens (primary N) is 2. The minimum Gasteiger partial charge on any atom is -0.394 e. The maximum Gasteiger partial charge on any atom is 0.315 e. The number of rotatable bonds is 3. The molecule has 20 heavy (non-hydrogen) atoms. The highest BCUT2D eigenvalue weighted by molar-refractivity contribution is 6.40. The summed E-state index contributed by atoms with van der Waals surface area (Å²) in [4.78, 5) is 18.7. The van der Waals surface area contributed by atoms with Gasteiger partial charge in [0.15, 0.2) is 18.0 Å². The number of hydrogen-bond donors (Lipinski definition) is 5. The molecule has 2 aliphatic heterocycles. The topological polar surface area (TPSA) is 156 Å². The molecule has 2 aliphatic rings. The standard InChI is InChI=1S/C10H16FN5O4/c11-5-6(18)4(2-17)20-7(5)3-1-14-8(15-3)9(19)16-10(12)13/h3-7,17-18H,1-2H2,(H,14,15)(H4,12,13,16,19)/t3?,4-,5-,6-,7?/m1/s1. The van der Waals surface area contributed by atoms with Gasteiger partial charge in [0.05, 0.1) is 19.2 Å². The number of hydrogen-bond acceptors (Lipinski definition) is 6. The van der Waals surface area contributed by atoms with Crippen LogP contribution in [0.15, 0.2) is 9.98 Å². The van der Waals surface area contributed by atoms with Gasteiger partial charge >= 0.3 is 5.91 Å². The van der Waals surface area contributed by atoms with E-state index in [0.717, 1.165) is 0 Å². The van der Waals surface area contributed by atoms with Crippen molar-refractivity contribution in [3.8, 4) is 0 Å². The first-order valence-electron chi connectivity index (χ1n) is 5.97. The van der Waals surface area contributed by atoms with Gasteiger partial charge in [-0.2, -0.15) is 4.99 Å². The van der Waals surface area contributed by atoms with Crippen molar-refractivity contribution in [1.82, 2.24) is 5.32 Å². The molecule has 2 heterocycles. The van der Waals surface area contributed by atoms with E-state index in [-0.39, 0.29) is 12.4 Å². The molecule has 1 fully saturated rings. The summed E-state index contributed by atoms with van der Waals surface area (Å²) in [5.74, 6) is -1.26. The van der Waals surface area contributed by atoms with Crippen LogP contribution in [0.3, 0.4) is 0 Å². The maximum atomic E-state index is 13.9. The lowest BCUT2D eigenvalue weighted by Crippen LogP contribution is -2.46. The molecule has 2 unspecified atom stereocenters. The van der Waals surface area contributed by atoms with E-state index in [9.17, 15) is 14.3 Å². The largest absolute Gasteiger partial charge is 0.394 e.